The molecule has 0 atom stereocenters. The molecule has 1 aromatic rings. The van der Waals surface area contributed by atoms with Crippen LogP contribution in [0.25, 0.3) is 0 Å². The molecule has 2 rings (SSSR count). The zero-order valence-electron chi connectivity index (χ0n) is 14.8. The lowest BCUT2D eigenvalue weighted by molar-refractivity contribution is -0.384. The van der Waals surface area contributed by atoms with Crippen LogP contribution in [0.15, 0.2) is 12.1 Å². The van der Waals surface area contributed by atoms with Crippen molar-refractivity contribution in [2.24, 2.45) is 0 Å². The topological polar surface area (TPSA) is 93.5 Å². The number of carbonyl (C=O) groups excluding carboxylic acids is 1. The second-order valence-electron chi connectivity index (χ2n) is 7.37. The summed E-state index contributed by atoms with van der Waals surface area (Å²) in [5, 5.41) is 17.2. The molecule has 0 unspecified atom stereocenters. The Kier molecular flexibility index (Phi) is 5.01. The predicted octanol–water partition coefficient (Wildman–Crippen LogP) is 3.68. The Morgan fingerprint density at radius 1 is 1.21 bits per heavy atom. The molecule has 1 saturated carbocycles. The minimum Gasteiger partial charge on any atom is -0.444 e. The zero-order chi connectivity index (χ0) is 18.1. The second-order valence-corrected chi connectivity index (χ2v) is 7.37. The van der Waals surface area contributed by atoms with E-state index in [4.69, 9.17) is 4.74 Å². The number of anilines is 1. The Balaban J connectivity index is 1.91. The van der Waals surface area contributed by atoms with Crippen molar-refractivity contribution in [3.63, 3.8) is 0 Å². The van der Waals surface area contributed by atoms with Gasteiger partial charge in [0, 0.05) is 18.2 Å². The number of nitrogens with one attached hydrogen (secondary N) is 2. The number of nitro benzene ring substituents is 1. The summed E-state index contributed by atoms with van der Waals surface area (Å²) in [5.74, 6) is 0. The van der Waals surface area contributed by atoms with Gasteiger partial charge in [0.15, 0.2) is 0 Å². The highest BCUT2D eigenvalue weighted by atomic mass is 16.6. The van der Waals surface area contributed by atoms with Crippen molar-refractivity contribution in [2.45, 2.75) is 65.1 Å². The van der Waals surface area contributed by atoms with E-state index in [-0.39, 0.29) is 22.7 Å². The summed E-state index contributed by atoms with van der Waals surface area (Å²) in [7, 11) is 0. The second kappa shape index (κ2) is 6.67. The van der Waals surface area contributed by atoms with E-state index >= 15 is 0 Å². The predicted molar refractivity (Wildman–Crippen MR) is 92.4 cm³/mol. The molecule has 132 valence electrons. The van der Waals surface area contributed by atoms with Crippen LogP contribution in [0.4, 0.5) is 16.2 Å². The molecule has 0 saturated heterocycles. The summed E-state index contributed by atoms with van der Waals surface area (Å²) in [6.07, 6.45) is 0.996. The quantitative estimate of drug-likeness (QED) is 0.646. The summed E-state index contributed by atoms with van der Waals surface area (Å²) < 4.78 is 5.22. The van der Waals surface area contributed by atoms with Crippen LogP contribution in [-0.4, -0.2) is 28.7 Å². The van der Waals surface area contributed by atoms with Crippen molar-refractivity contribution >= 4 is 17.5 Å². The van der Waals surface area contributed by atoms with Gasteiger partial charge in [-0.3, -0.25) is 10.1 Å². The Bertz CT molecular complexity index is 646. The van der Waals surface area contributed by atoms with E-state index in [0.717, 1.165) is 11.1 Å². The van der Waals surface area contributed by atoms with Crippen LogP contribution in [0.1, 0.15) is 44.7 Å². The van der Waals surface area contributed by atoms with E-state index < -0.39 is 11.7 Å². The maximum atomic E-state index is 11.7. The molecule has 1 amide bonds. The molecule has 2 N–H and O–H groups in total. The van der Waals surface area contributed by atoms with Crippen LogP contribution >= 0.6 is 0 Å². The molecule has 1 aliphatic carbocycles. The first-order chi connectivity index (χ1) is 11.0. The molecule has 0 aromatic heterocycles. The van der Waals surface area contributed by atoms with Gasteiger partial charge in [0.25, 0.3) is 5.69 Å². The summed E-state index contributed by atoms with van der Waals surface area (Å²) >= 11 is 0. The smallest absolute Gasteiger partial charge is 0.407 e. The fourth-order valence-corrected chi connectivity index (χ4v) is 2.62. The lowest BCUT2D eigenvalue weighted by atomic mass is 9.86. The SMILES string of the molecule is Cc1cc(NC2CC(NC(=O)OC(C)(C)C)C2)c([N+](=O)[O-])cc1C. The number of aryl methyl sites for hydroxylation is 2. The van der Waals surface area contributed by atoms with Gasteiger partial charge in [-0.1, -0.05) is 0 Å². The molecule has 1 aliphatic rings. The summed E-state index contributed by atoms with van der Waals surface area (Å²) in [4.78, 5) is 22.5. The van der Waals surface area contributed by atoms with Crippen molar-refractivity contribution in [1.82, 2.24) is 5.32 Å². The van der Waals surface area contributed by atoms with Gasteiger partial charge < -0.3 is 15.4 Å². The standard InChI is InChI=1S/C17H25N3O4/c1-10-6-14(15(20(22)23)7-11(10)2)18-12-8-13(9-12)19-16(21)24-17(3,4)5/h6-7,12-13,18H,8-9H2,1-5H3,(H,19,21). The van der Waals surface area contributed by atoms with Crippen molar-refractivity contribution in [3.05, 3.63) is 33.4 Å². The molecule has 0 heterocycles. The van der Waals surface area contributed by atoms with E-state index in [0.29, 0.717) is 18.5 Å². The number of hydrogen-bond donors (Lipinski definition) is 2. The number of rotatable bonds is 4. The summed E-state index contributed by atoms with van der Waals surface area (Å²) in [6, 6.07) is 3.53. The summed E-state index contributed by atoms with van der Waals surface area (Å²) in [5.41, 5.74) is 1.99. The molecule has 0 spiro atoms. The molecular formula is C17H25N3O4. The number of amides is 1. The number of hydrogen-bond acceptors (Lipinski definition) is 5. The Hall–Kier alpha value is -2.31. The fraction of sp³-hybridized carbons (Fsp3) is 0.588. The van der Waals surface area contributed by atoms with E-state index in [9.17, 15) is 14.9 Å². The van der Waals surface area contributed by atoms with E-state index in [2.05, 4.69) is 10.6 Å². The first-order valence-electron chi connectivity index (χ1n) is 8.07. The molecule has 1 aromatic carbocycles. The van der Waals surface area contributed by atoms with E-state index in [1.165, 1.54) is 0 Å². The van der Waals surface area contributed by atoms with Crippen LogP contribution in [0.5, 0.6) is 0 Å². The van der Waals surface area contributed by atoms with Crippen LogP contribution in [0.2, 0.25) is 0 Å². The number of benzene rings is 1. The van der Waals surface area contributed by atoms with Gasteiger partial charge in [-0.05, 0) is 64.7 Å². The van der Waals surface area contributed by atoms with Crippen LogP contribution in [0, 0.1) is 24.0 Å². The van der Waals surface area contributed by atoms with Crippen LogP contribution < -0.4 is 10.6 Å². The first kappa shape index (κ1) is 18.0. The van der Waals surface area contributed by atoms with Crippen molar-refractivity contribution in [3.8, 4) is 0 Å². The average molecular weight is 335 g/mol. The van der Waals surface area contributed by atoms with Gasteiger partial charge in [0.05, 0.1) is 4.92 Å². The van der Waals surface area contributed by atoms with Gasteiger partial charge in [-0.15, -0.1) is 0 Å². The van der Waals surface area contributed by atoms with Crippen molar-refractivity contribution < 1.29 is 14.5 Å². The largest absolute Gasteiger partial charge is 0.444 e. The van der Waals surface area contributed by atoms with Gasteiger partial charge in [0.2, 0.25) is 0 Å². The van der Waals surface area contributed by atoms with E-state index in [1.807, 2.05) is 40.7 Å². The highest BCUT2D eigenvalue weighted by Gasteiger charge is 2.32. The maximum Gasteiger partial charge on any atom is 0.407 e. The number of nitrogens with zero attached hydrogens (tertiary/aromatic N) is 1. The minimum atomic E-state index is -0.522. The molecule has 24 heavy (non-hydrogen) atoms. The number of nitro groups is 1. The lowest BCUT2D eigenvalue weighted by Crippen LogP contribution is -2.50. The third-order valence-electron chi connectivity index (χ3n) is 4.03. The Morgan fingerprint density at radius 3 is 2.33 bits per heavy atom. The monoisotopic (exact) mass is 335 g/mol. The molecule has 7 nitrogen and oxygen atoms in total. The average Bonchev–Trinajstić information content (AvgIpc) is 2.37. The molecular weight excluding hydrogens is 310 g/mol. The van der Waals surface area contributed by atoms with E-state index in [1.54, 1.807) is 6.07 Å². The molecule has 0 aliphatic heterocycles. The lowest BCUT2D eigenvalue weighted by Gasteiger charge is -2.37. The van der Waals surface area contributed by atoms with Gasteiger partial charge in [-0.2, -0.15) is 0 Å². The van der Waals surface area contributed by atoms with Crippen LogP contribution in [0.3, 0.4) is 0 Å². The van der Waals surface area contributed by atoms with Crippen molar-refractivity contribution in [1.29, 1.82) is 0 Å². The Labute approximate surface area is 141 Å². The minimum absolute atomic E-state index is 0.0305. The normalized spacial score (nSPS) is 20.0. The molecule has 1 fully saturated rings. The number of ether oxygens (including phenoxy) is 1. The molecule has 0 radical (unpaired) electrons. The highest BCUT2D eigenvalue weighted by molar-refractivity contribution is 5.68. The van der Waals surface area contributed by atoms with Crippen LogP contribution in [-0.2, 0) is 4.74 Å². The molecule has 0 bridgehead atoms. The van der Waals surface area contributed by atoms with Crippen molar-refractivity contribution in [2.75, 3.05) is 5.32 Å². The first-order valence-corrected chi connectivity index (χ1v) is 8.07. The number of carbonyl (C=O) groups is 1. The highest BCUT2D eigenvalue weighted by Crippen LogP contribution is 2.32. The Morgan fingerprint density at radius 2 is 1.79 bits per heavy atom. The fourth-order valence-electron chi connectivity index (χ4n) is 2.62. The summed E-state index contributed by atoms with van der Waals surface area (Å²) in [6.45, 7) is 9.23. The molecule has 7 heteroatoms. The third kappa shape index (κ3) is 4.59. The zero-order valence-corrected chi connectivity index (χ0v) is 14.8. The number of alkyl carbamates (subject to hydrolysis) is 1. The maximum absolute atomic E-state index is 11.7. The van der Waals surface area contributed by atoms with Gasteiger partial charge >= 0.3 is 6.09 Å². The third-order valence-corrected chi connectivity index (χ3v) is 4.03. The van der Waals surface area contributed by atoms with Gasteiger partial charge in [-0.25, -0.2) is 4.79 Å². The van der Waals surface area contributed by atoms with Gasteiger partial charge in [0.1, 0.15) is 11.3 Å².